The van der Waals surface area contributed by atoms with Crippen LogP contribution >= 0.6 is 23.3 Å². The third-order valence-corrected chi connectivity index (χ3v) is 7.28. The zero-order valence-corrected chi connectivity index (χ0v) is 15.5. The third kappa shape index (κ3) is 2.95. The molecular formula is C20H20N2OS2. The van der Waals surface area contributed by atoms with Crippen molar-refractivity contribution in [1.29, 1.82) is 0 Å². The molecule has 3 aromatic rings. The summed E-state index contributed by atoms with van der Waals surface area (Å²) in [6, 6.07) is 17.9. The van der Waals surface area contributed by atoms with Crippen LogP contribution in [0.4, 0.5) is 5.00 Å². The Kier molecular flexibility index (Phi) is 4.18. The number of anilines is 1. The van der Waals surface area contributed by atoms with Gasteiger partial charge in [0.1, 0.15) is 0 Å². The molecule has 1 unspecified atom stereocenters. The molecule has 0 aliphatic carbocycles. The minimum absolute atomic E-state index is 0.423. The molecule has 0 bridgehead atoms. The van der Waals surface area contributed by atoms with Crippen molar-refractivity contribution in [2.24, 2.45) is 0 Å². The molecule has 0 amide bonds. The number of morpholine rings is 1. The fourth-order valence-corrected chi connectivity index (χ4v) is 5.97. The summed E-state index contributed by atoms with van der Waals surface area (Å²) in [6.07, 6.45) is 0. The van der Waals surface area contributed by atoms with Crippen molar-refractivity contribution in [1.82, 2.24) is 4.72 Å². The number of hydrogen-bond acceptors (Lipinski definition) is 5. The van der Waals surface area contributed by atoms with Gasteiger partial charge in [-0.05, 0) is 39.9 Å². The zero-order chi connectivity index (χ0) is 16.6. The Morgan fingerprint density at radius 2 is 1.84 bits per heavy atom. The summed E-state index contributed by atoms with van der Waals surface area (Å²) >= 11 is 3.70. The van der Waals surface area contributed by atoms with Gasteiger partial charge in [0, 0.05) is 25.6 Å². The van der Waals surface area contributed by atoms with Crippen LogP contribution in [0.1, 0.15) is 17.0 Å². The summed E-state index contributed by atoms with van der Waals surface area (Å²) in [5.74, 6) is 0.423. The van der Waals surface area contributed by atoms with E-state index in [0.717, 1.165) is 32.8 Å². The van der Waals surface area contributed by atoms with Crippen molar-refractivity contribution in [2.75, 3.05) is 37.7 Å². The molecule has 3 heterocycles. The van der Waals surface area contributed by atoms with Gasteiger partial charge in [0.15, 0.2) is 0 Å². The first-order valence-corrected chi connectivity index (χ1v) is 10.4. The number of benzene rings is 2. The fourth-order valence-electron chi connectivity index (χ4n) is 3.66. The molecule has 5 rings (SSSR count). The van der Waals surface area contributed by atoms with E-state index >= 15 is 0 Å². The summed E-state index contributed by atoms with van der Waals surface area (Å²) < 4.78 is 10.4. The highest BCUT2D eigenvalue weighted by Gasteiger charge is 2.27. The first kappa shape index (κ1) is 15.7. The predicted octanol–water partition coefficient (Wildman–Crippen LogP) is 4.48. The standard InChI is InChI=1S/C20H20N2OS2/c1-2-4-15-11-16(6-5-14(15)3-1)18-13-21-25-20-17(18)12-19(24-20)22-7-9-23-10-8-22/h1-6,11-12,18,21H,7-10,13H2. The van der Waals surface area contributed by atoms with Crippen LogP contribution < -0.4 is 9.62 Å². The van der Waals surface area contributed by atoms with Gasteiger partial charge in [-0.15, -0.1) is 11.3 Å². The second-order valence-corrected chi connectivity index (χ2v) is 8.73. The van der Waals surface area contributed by atoms with Crippen LogP contribution in [-0.2, 0) is 4.74 Å². The number of ether oxygens (including phenoxy) is 1. The van der Waals surface area contributed by atoms with E-state index in [0.29, 0.717) is 5.92 Å². The van der Waals surface area contributed by atoms with Crippen LogP contribution in [0, 0.1) is 0 Å². The maximum Gasteiger partial charge on any atom is 0.0925 e. The van der Waals surface area contributed by atoms with Crippen molar-refractivity contribution in [3.8, 4) is 0 Å². The Labute approximate surface area is 156 Å². The zero-order valence-electron chi connectivity index (χ0n) is 13.9. The largest absolute Gasteiger partial charge is 0.378 e. The number of thiophene rings is 1. The van der Waals surface area contributed by atoms with E-state index in [1.807, 2.05) is 11.3 Å². The van der Waals surface area contributed by atoms with E-state index < -0.39 is 0 Å². The molecule has 1 atom stereocenters. The van der Waals surface area contributed by atoms with Crippen LogP contribution in [0.3, 0.4) is 0 Å². The van der Waals surface area contributed by atoms with Crippen molar-refractivity contribution in [2.45, 2.75) is 10.1 Å². The predicted molar refractivity (Wildman–Crippen MR) is 107 cm³/mol. The molecule has 5 heteroatoms. The number of nitrogens with one attached hydrogen (secondary N) is 1. The first-order chi connectivity index (χ1) is 12.4. The van der Waals surface area contributed by atoms with Gasteiger partial charge in [-0.2, -0.15) is 0 Å². The van der Waals surface area contributed by atoms with E-state index in [4.69, 9.17) is 4.74 Å². The summed E-state index contributed by atoms with van der Waals surface area (Å²) in [4.78, 5) is 2.46. The van der Waals surface area contributed by atoms with Crippen molar-refractivity contribution in [3.63, 3.8) is 0 Å². The molecule has 2 aliphatic heterocycles. The second kappa shape index (κ2) is 6.65. The summed E-state index contributed by atoms with van der Waals surface area (Å²) in [5, 5.41) is 4.02. The highest BCUT2D eigenvalue weighted by molar-refractivity contribution is 7.99. The van der Waals surface area contributed by atoms with Gasteiger partial charge in [-0.25, -0.2) is 0 Å². The summed E-state index contributed by atoms with van der Waals surface area (Å²) in [5.41, 5.74) is 2.88. The van der Waals surface area contributed by atoms with E-state index in [2.05, 4.69) is 58.2 Å². The Bertz CT molecular complexity index is 902. The van der Waals surface area contributed by atoms with Gasteiger partial charge in [0.2, 0.25) is 0 Å². The number of nitrogens with zero attached hydrogens (tertiary/aromatic N) is 1. The third-order valence-electron chi connectivity index (χ3n) is 5.04. The number of hydrogen-bond donors (Lipinski definition) is 1. The first-order valence-electron chi connectivity index (χ1n) is 8.73. The number of rotatable bonds is 2. The lowest BCUT2D eigenvalue weighted by Crippen LogP contribution is -2.35. The molecule has 128 valence electrons. The molecule has 1 aromatic heterocycles. The van der Waals surface area contributed by atoms with Crippen LogP contribution in [0.25, 0.3) is 10.8 Å². The smallest absolute Gasteiger partial charge is 0.0925 e. The lowest BCUT2D eigenvalue weighted by atomic mass is 9.91. The van der Waals surface area contributed by atoms with E-state index in [1.54, 1.807) is 11.9 Å². The quantitative estimate of drug-likeness (QED) is 0.674. The SMILES string of the molecule is c1ccc2cc(C3CNSc4sc(N5CCOCC5)cc43)ccc2c1. The van der Waals surface area contributed by atoms with Gasteiger partial charge in [-0.1, -0.05) is 42.5 Å². The number of fused-ring (bicyclic) bond motifs is 2. The van der Waals surface area contributed by atoms with Crippen LogP contribution in [0.5, 0.6) is 0 Å². The lowest BCUT2D eigenvalue weighted by molar-refractivity contribution is 0.123. The molecule has 25 heavy (non-hydrogen) atoms. The Balaban J connectivity index is 1.52. The highest BCUT2D eigenvalue weighted by Crippen LogP contribution is 2.45. The Morgan fingerprint density at radius 1 is 1.00 bits per heavy atom. The van der Waals surface area contributed by atoms with Crippen molar-refractivity contribution in [3.05, 3.63) is 59.7 Å². The van der Waals surface area contributed by atoms with Gasteiger partial charge in [0.05, 0.1) is 22.4 Å². The topological polar surface area (TPSA) is 24.5 Å². The molecule has 1 saturated heterocycles. The normalized spacial score (nSPS) is 20.6. The van der Waals surface area contributed by atoms with Crippen molar-refractivity contribution >= 4 is 39.1 Å². The van der Waals surface area contributed by atoms with E-state index in [9.17, 15) is 0 Å². The summed E-state index contributed by atoms with van der Waals surface area (Å²) in [6.45, 7) is 4.65. The molecule has 0 saturated carbocycles. The van der Waals surface area contributed by atoms with Gasteiger partial charge >= 0.3 is 0 Å². The Morgan fingerprint density at radius 3 is 2.72 bits per heavy atom. The molecule has 0 radical (unpaired) electrons. The highest BCUT2D eigenvalue weighted by atomic mass is 32.2. The second-order valence-electron chi connectivity index (χ2n) is 6.54. The molecule has 1 fully saturated rings. The van der Waals surface area contributed by atoms with Crippen LogP contribution in [-0.4, -0.2) is 32.8 Å². The van der Waals surface area contributed by atoms with Crippen LogP contribution in [0.2, 0.25) is 0 Å². The van der Waals surface area contributed by atoms with E-state index in [-0.39, 0.29) is 0 Å². The molecule has 2 aromatic carbocycles. The molecular weight excluding hydrogens is 348 g/mol. The molecule has 1 N–H and O–H groups in total. The van der Waals surface area contributed by atoms with Gasteiger partial charge in [0.25, 0.3) is 0 Å². The van der Waals surface area contributed by atoms with Gasteiger partial charge < -0.3 is 9.64 Å². The van der Waals surface area contributed by atoms with Gasteiger partial charge in [-0.3, -0.25) is 4.72 Å². The average Bonchev–Trinajstić information content (AvgIpc) is 3.13. The maximum absolute atomic E-state index is 5.50. The fraction of sp³-hybridized carbons (Fsp3) is 0.300. The molecule has 0 spiro atoms. The van der Waals surface area contributed by atoms with E-state index in [1.165, 1.54) is 31.1 Å². The molecule has 3 nitrogen and oxygen atoms in total. The van der Waals surface area contributed by atoms with Crippen molar-refractivity contribution < 1.29 is 4.74 Å². The monoisotopic (exact) mass is 368 g/mol. The minimum atomic E-state index is 0.423. The minimum Gasteiger partial charge on any atom is -0.378 e. The lowest BCUT2D eigenvalue weighted by Gasteiger charge is -2.27. The molecule has 2 aliphatic rings. The maximum atomic E-state index is 5.50. The average molecular weight is 369 g/mol. The van der Waals surface area contributed by atoms with Crippen LogP contribution in [0.15, 0.2) is 52.7 Å². The Hall–Kier alpha value is -1.53. The summed E-state index contributed by atoms with van der Waals surface area (Å²) in [7, 11) is 0.